The van der Waals surface area contributed by atoms with Crippen molar-refractivity contribution in [3.8, 4) is 11.3 Å². The molecule has 0 spiro atoms. The van der Waals surface area contributed by atoms with Crippen LogP contribution in [0.5, 0.6) is 0 Å². The lowest BCUT2D eigenvalue weighted by Gasteiger charge is -2.13. The van der Waals surface area contributed by atoms with Gasteiger partial charge in [-0.3, -0.25) is 10.1 Å². The van der Waals surface area contributed by atoms with E-state index in [0.717, 1.165) is 32.3 Å². The van der Waals surface area contributed by atoms with Crippen molar-refractivity contribution in [2.24, 2.45) is 0 Å². The summed E-state index contributed by atoms with van der Waals surface area (Å²) in [5.74, 6) is 0.570. The van der Waals surface area contributed by atoms with Gasteiger partial charge in [0.1, 0.15) is 17.6 Å². The average Bonchev–Trinajstić information content (AvgIpc) is 3.33. The van der Waals surface area contributed by atoms with Crippen molar-refractivity contribution in [2.75, 3.05) is 0 Å². The summed E-state index contributed by atoms with van der Waals surface area (Å²) in [6.07, 6.45) is 2.26. The number of para-hydroxylation sites is 1. The van der Waals surface area contributed by atoms with E-state index in [1.54, 1.807) is 0 Å². The minimum atomic E-state index is -0.884. The van der Waals surface area contributed by atoms with Crippen molar-refractivity contribution in [1.29, 1.82) is 0 Å². The molecule has 0 saturated heterocycles. The number of hydrogen-bond donors (Lipinski definition) is 3. The maximum atomic E-state index is 11.7. The molecule has 0 saturated carbocycles. The number of nitrogens with one attached hydrogen (secondary N) is 2. The number of aromatic nitrogens is 1. The zero-order valence-corrected chi connectivity index (χ0v) is 16.6. The molecule has 0 aliphatic heterocycles. The topological polar surface area (TPSA) is 78.3 Å². The number of rotatable bonds is 7. The molecule has 4 rings (SSSR count). The molecular weight excluding hydrogens is 420 g/mol. The van der Waals surface area contributed by atoms with E-state index >= 15 is 0 Å². The molecule has 2 aromatic carbocycles. The van der Waals surface area contributed by atoms with Crippen LogP contribution in [0, 0.1) is 0 Å². The van der Waals surface area contributed by atoms with Gasteiger partial charge in [0.15, 0.2) is 0 Å². The fourth-order valence-electron chi connectivity index (χ4n) is 3.23. The van der Waals surface area contributed by atoms with Gasteiger partial charge in [-0.05, 0) is 35.9 Å². The van der Waals surface area contributed by atoms with Crippen molar-refractivity contribution in [3.63, 3.8) is 0 Å². The van der Waals surface area contributed by atoms with Crippen LogP contribution in [0.1, 0.15) is 11.3 Å². The summed E-state index contributed by atoms with van der Waals surface area (Å²) in [6, 6.07) is 18.8. The highest BCUT2D eigenvalue weighted by Gasteiger charge is 2.20. The third kappa shape index (κ3) is 4.03. The quantitative estimate of drug-likeness (QED) is 0.380. The Kier molecular flexibility index (Phi) is 5.32. The van der Waals surface area contributed by atoms with Gasteiger partial charge >= 0.3 is 5.97 Å². The van der Waals surface area contributed by atoms with Crippen LogP contribution >= 0.6 is 15.9 Å². The summed E-state index contributed by atoms with van der Waals surface area (Å²) in [7, 11) is 0. The molecule has 0 aliphatic rings. The summed E-state index contributed by atoms with van der Waals surface area (Å²) in [6.45, 7) is 0.343. The number of aliphatic carboxylic acids is 1. The lowest BCUT2D eigenvalue weighted by molar-refractivity contribution is -0.139. The Balaban J connectivity index is 1.44. The third-order valence-electron chi connectivity index (χ3n) is 4.71. The molecule has 0 unspecified atom stereocenters. The van der Waals surface area contributed by atoms with Crippen LogP contribution < -0.4 is 5.32 Å². The fraction of sp³-hybridized carbons (Fsp3) is 0.136. The molecule has 0 fully saturated rings. The van der Waals surface area contributed by atoms with Gasteiger partial charge in [0.2, 0.25) is 0 Å². The minimum Gasteiger partial charge on any atom is -0.480 e. The van der Waals surface area contributed by atoms with Crippen LogP contribution in [0.15, 0.2) is 75.8 Å². The standard InChI is InChI=1S/C22H19BrN2O3/c23-16-7-5-14(6-8-16)21-10-9-17(28-21)13-25-20(22(26)27)11-15-12-24-19-4-2-1-3-18(15)19/h1-10,12,20,24-25H,11,13H2,(H,26,27)/t20-/m0/s1. The van der Waals surface area contributed by atoms with Crippen molar-refractivity contribution < 1.29 is 14.3 Å². The first-order valence-corrected chi connectivity index (χ1v) is 9.75. The summed E-state index contributed by atoms with van der Waals surface area (Å²) in [5.41, 5.74) is 2.96. The van der Waals surface area contributed by atoms with Crippen molar-refractivity contribution in [1.82, 2.24) is 10.3 Å². The number of H-pyrrole nitrogens is 1. The highest BCUT2D eigenvalue weighted by Crippen LogP contribution is 2.24. The minimum absolute atomic E-state index is 0.343. The Labute approximate surface area is 170 Å². The molecule has 6 heteroatoms. The maximum Gasteiger partial charge on any atom is 0.321 e. The molecule has 0 amide bonds. The van der Waals surface area contributed by atoms with E-state index in [2.05, 4.69) is 26.2 Å². The van der Waals surface area contributed by atoms with Gasteiger partial charge in [-0.25, -0.2) is 0 Å². The van der Waals surface area contributed by atoms with Gasteiger partial charge < -0.3 is 14.5 Å². The number of fused-ring (bicyclic) bond motifs is 1. The highest BCUT2D eigenvalue weighted by molar-refractivity contribution is 9.10. The molecule has 28 heavy (non-hydrogen) atoms. The van der Waals surface area contributed by atoms with Gasteiger partial charge in [0, 0.05) is 33.6 Å². The van der Waals surface area contributed by atoms with Gasteiger partial charge in [-0.2, -0.15) is 0 Å². The summed E-state index contributed by atoms with van der Waals surface area (Å²) >= 11 is 3.42. The van der Waals surface area contributed by atoms with Gasteiger partial charge in [0.05, 0.1) is 6.54 Å². The highest BCUT2D eigenvalue weighted by atomic mass is 79.9. The Hall–Kier alpha value is -2.83. The van der Waals surface area contributed by atoms with Crippen molar-refractivity contribution in [3.05, 3.63) is 82.7 Å². The molecule has 0 radical (unpaired) electrons. The number of benzene rings is 2. The molecule has 2 aromatic heterocycles. The van der Waals surface area contributed by atoms with Crippen molar-refractivity contribution >= 4 is 32.8 Å². The third-order valence-corrected chi connectivity index (χ3v) is 5.24. The number of carboxylic acids is 1. The molecular formula is C22H19BrN2O3. The summed E-state index contributed by atoms with van der Waals surface area (Å²) in [5, 5.41) is 13.8. The number of carboxylic acid groups (broad SMARTS) is 1. The number of furan rings is 1. The lowest BCUT2D eigenvalue weighted by atomic mass is 10.0. The van der Waals surface area contributed by atoms with E-state index in [-0.39, 0.29) is 0 Å². The van der Waals surface area contributed by atoms with Gasteiger partial charge in [0.25, 0.3) is 0 Å². The van der Waals surface area contributed by atoms with Crippen LogP contribution in [-0.4, -0.2) is 22.1 Å². The maximum absolute atomic E-state index is 11.7. The lowest BCUT2D eigenvalue weighted by Crippen LogP contribution is -2.37. The molecule has 4 aromatic rings. The molecule has 5 nitrogen and oxygen atoms in total. The summed E-state index contributed by atoms with van der Waals surface area (Å²) in [4.78, 5) is 14.9. The predicted molar refractivity (Wildman–Crippen MR) is 112 cm³/mol. The first kappa shape index (κ1) is 18.5. The molecule has 142 valence electrons. The SMILES string of the molecule is O=C(O)[C@H](Cc1c[nH]c2ccccc12)NCc1ccc(-c2ccc(Br)cc2)o1. The van der Waals surface area contributed by atoms with Crippen LogP contribution in [0.4, 0.5) is 0 Å². The second kappa shape index (κ2) is 8.04. The van der Waals surface area contributed by atoms with Crippen LogP contribution in [0.3, 0.4) is 0 Å². The molecule has 1 atom stereocenters. The Morgan fingerprint density at radius 3 is 2.68 bits per heavy atom. The second-order valence-electron chi connectivity index (χ2n) is 6.61. The normalized spacial score (nSPS) is 12.3. The second-order valence-corrected chi connectivity index (χ2v) is 7.52. The molecule has 2 heterocycles. The molecule has 0 aliphatic carbocycles. The number of halogens is 1. The van der Waals surface area contributed by atoms with E-state index in [4.69, 9.17) is 4.42 Å². The van der Waals surface area contributed by atoms with Crippen LogP contribution in [0.25, 0.3) is 22.2 Å². The average molecular weight is 439 g/mol. The van der Waals surface area contributed by atoms with E-state index in [1.165, 1.54) is 0 Å². The Morgan fingerprint density at radius 1 is 1.11 bits per heavy atom. The number of hydrogen-bond acceptors (Lipinski definition) is 3. The van der Waals surface area contributed by atoms with Crippen molar-refractivity contribution in [2.45, 2.75) is 19.0 Å². The zero-order valence-electron chi connectivity index (χ0n) is 15.0. The monoisotopic (exact) mass is 438 g/mol. The van der Waals surface area contributed by atoms with E-state index in [1.807, 2.05) is 66.9 Å². The Morgan fingerprint density at radius 2 is 1.89 bits per heavy atom. The van der Waals surface area contributed by atoms with E-state index < -0.39 is 12.0 Å². The number of aromatic amines is 1. The van der Waals surface area contributed by atoms with Crippen LogP contribution in [-0.2, 0) is 17.8 Å². The fourth-order valence-corrected chi connectivity index (χ4v) is 3.50. The molecule has 0 bridgehead atoms. The number of carbonyl (C=O) groups is 1. The van der Waals surface area contributed by atoms with Crippen LogP contribution in [0.2, 0.25) is 0 Å². The predicted octanol–water partition coefficient (Wildman–Crippen LogP) is 4.98. The first-order valence-electron chi connectivity index (χ1n) is 8.96. The smallest absolute Gasteiger partial charge is 0.321 e. The Bertz CT molecular complexity index is 1100. The van der Waals surface area contributed by atoms with Gasteiger partial charge in [-0.15, -0.1) is 0 Å². The first-order chi connectivity index (χ1) is 13.6. The zero-order chi connectivity index (χ0) is 19.5. The summed E-state index contributed by atoms with van der Waals surface area (Å²) < 4.78 is 6.87. The van der Waals surface area contributed by atoms with E-state index in [9.17, 15) is 9.90 Å². The molecule has 3 N–H and O–H groups in total. The van der Waals surface area contributed by atoms with Gasteiger partial charge in [-0.1, -0.05) is 46.3 Å². The van der Waals surface area contributed by atoms with E-state index in [0.29, 0.717) is 18.7 Å². The largest absolute Gasteiger partial charge is 0.480 e.